The van der Waals surface area contributed by atoms with Crippen LogP contribution < -0.4 is 29.6 Å². The largest absolute Gasteiger partial charge is 1.00 e. The van der Waals surface area contributed by atoms with E-state index in [9.17, 15) is 9.59 Å². The number of hydrogen-bond donors (Lipinski definition) is 4. The molecular formula is C3H8NaO7P. The molecule has 0 aromatic rings. The number of rotatable bonds is 1. The Bertz CT molecular complexity index is 180. The van der Waals surface area contributed by atoms with Gasteiger partial charge in [0.1, 0.15) is 0 Å². The molecule has 0 radical (unpaired) electrons. The molecule has 0 heterocycles. The molecule has 0 aromatic carbocycles. The van der Waals surface area contributed by atoms with Crippen molar-refractivity contribution in [2.45, 2.75) is 6.92 Å². The topological polar surface area (TPSA) is 132 Å². The summed E-state index contributed by atoms with van der Waals surface area (Å²) in [5.41, 5.74) is 0. The Morgan fingerprint density at radius 1 is 1.25 bits per heavy atom. The zero-order valence-corrected chi connectivity index (χ0v) is 9.36. The van der Waals surface area contributed by atoms with Crippen LogP contribution in [0.25, 0.3) is 0 Å². The molecule has 0 aromatic heterocycles. The minimum absolute atomic E-state index is 0. The van der Waals surface area contributed by atoms with Crippen LogP contribution in [0.4, 0.5) is 0 Å². The van der Waals surface area contributed by atoms with Gasteiger partial charge in [-0.25, -0.2) is 9.36 Å². The molecule has 0 unspecified atom stereocenters. The number of carboxylic acid groups (broad SMARTS) is 1. The van der Waals surface area contributed by atoms with E-state index in [1.807, 2.05) is 0 Å². The maximum atomic E-state index is 9.54. The van der Waals surface area contributed by atoms with Crippen molar-refractivity contribution >= 4 is 19.6 Å². The zero-order valence-electron chi connectivity index (χ0n) is 7.46. The third-order valence-corrected chi connectivity index (χ3v) is 0.301. The third kappa shape index (κ3) is 48.6. The Labute approximate surface area is 91.4 Å². The van der Waals surface area contributed by atoms with Crippen LogP contribution in [0, 0.1) is 0 Å². The number of carbonyl (C=O) groups excluding carboxylic acids is 1. The van der Waals surface area contributed by atoms with E-state index in [4.69, 9.17) is 24.4 Å². The normalized spacial score (nSPS) is 8.67. The molecule has 0 spiro atoms. The summed E-state index contributed by atoms with van der Waals surface area (Å²) in [5.74, 6) is -2.20. The molecule has 4 N–H and O–H groups in total. The van der Waals surface area contributed by atoms with Gasteiger partial charge in [-0.1, -0.05) is 0 Å². The first-order valence-corrected chi connectivity index (χ1v) is 3.73. The number of phosphoric acid groups is 1. The third-order valence-electron chi connectivity index (χ3n) is 0.301. The average Bonchev–Trinajstić information content (AvgIpc) is 1.59. The molecule has 0 aliphatic heterocycles. The van der Waals surface area contributed by atoms with Gasteiger partial charge in [0.25, 0.3) is 0 Å². The molecule has 9 heteroatoms. The smallest absolute Gasteiger partial charge is 1.00 e. The molecule has 12 heavy (non-hydrogen) atoms. The molecule has 0 aliphatic carbocycles. The molecule has 0 amide bonds. The summed E-state index contributed by atoms with van der Waals surface area (Å²) in [7, 11) is -4.64. The van der Waals surface area contributed by atoms with Crippen molar-refractivity contribution in [1.82, 2.24) is 0 Å². The van der Waals surface area contributed by atoms with Gasteiger partial charge in [-0.2, -0.15) is 0 Å². The van der Waals surface area contributed by atoms with Gasteiger partial charge in [-0.15, -0.1) is 0 Å². The van der Waals surface area contributed by atoms with Gasteiger partial charge >= 0.3 is 43.3 Å². The molecule has 0 saturated heterocycles. The standard InChI is InChI=1S/C3H4O3.Na.H3O4P.H/c1-2(4)3(5)6;;1-5(2,3)4;/h1H3,(H,5,6);;(H3,1,2,3,4);/q;+1;;-1. The maximum Gasteiger partial charge on any atom is 1.00 e. The van der Waals surface area contributed by atoms with E-state index in [-0.39, 0.29) is 31.0 Å². The Hall–Kier alpha value is 0.250. The molecule has 7 nitrogen and oxygen atoms in total. The molecule has 68 valence electrons. The van der Waals surface area contributed by atoms with Gasteiger partial charge in [0.15, 0.2) is 0 Å². The number of aliphatic carboxylic acids is 1. The second-order valence-electron chi connectivity index (χ2n) is 1.37. The summed E-state index contributed by atoms with van der Waals surface area (Å²) in [5, 5.41) is 7.64. The van der Waals surface area contributed by atoms with Gasteiger partial charge in [0.05, 0.1) is 0 Å². The van der Waals surface area contributed by atoms with E-state index in [1.54, 1.807) is 0 Å². The fraction of sp³-hybridized carbons (Fsp3) is 0.333. The number of hydrogen-bond acceptors (Lipinski definition) is 3. The van der Waals surface area contributed by atoms with E-state index >= 15 is 0 Å². The van der Waals surface area contributed by atoms with Crippen LogP contribution in [-0.4, -0.2) is 31.5 Å². The van der Waals surface area contributed by atoms with E-state index in [2.05, 4.69) is 0 Å². The van der Waals surface area contributed by atoms with Crippen LogP contribution in [0.5, 0.6) is 0 Å². The van der Waals surface area contributed by atoms with E-state index in [0.29, 0.717) is 0 Å². The fourth-order valence-electron chi connectivity index (χ4n) is 0. The summed E-state index contributed by atoms with van der Waals surface area (Å²) >= 11 is 0. The first-order chi connectivity index (χ1) is 4.64. The Morgan fingerprint density at radius 3 is 1.33 bits per heavy atom. The summed E-state index contributed by atoms with van der Waals surface area (Å²) < 4.78 is 8.88. The van der Waals surface area contributed by atoms with Crippen LogP contribution in [0.2, 0.25) is 0 Å². The van der Waals surface area contributed by atoms with Gasteiger partial charge in [-0.05, 0) is 0 Å². The predicted octanol–water partition coefficient (Wildman–Crippen LogP) is -4.15. The molecule has 0 atom stereocenters. The van der Waals surface area contributed by atoms with Crippen molar-refractivity contribution < 1.29 is 64.9 Å². The van der Waals surface area contributed by atoms with Crippen LogP contribution >= 0.6 is 7.82 Å². The van der Waals surface area contributed by atoms with Crippen molar-refractivity contribution in [3.8, 4) is 0 Å². The number of carboxylic acids is 1. The molecule has 0 fully saturated rings. The molecular weight excluding hydrogens is 202 g/mol. The van der Waals surface area contributed by atoms with Gasteiger partial charge in [0.2, 0.25) is 5.78 Å². The van der Waals surface area contributed by atoms with E-state index < -0.39 is 19.6 Å². The number of ketones is 1. The van der Waals surface area contributed by atoms with Gasteiger partial charge in [-0.3, -0.25) is 4.79 Å². The summed E-state index contributed by atoms with van der Waals surface area (Å²) in [6, 6.07) is 0. The van der Waals surface area contributed by atoms with E-state index in [0.717, 1.165) is 6.92 Å². The first kappa shape index (κ1) is 18.1. The quantitative estimate of drug-likeness (QED) is 0.196. The van der Waals surface area contributed by atoms with Crippen molar-refractivity contribution in [3.63, 3.8) is 0 Å². The van der Waals surface area contributed by atoms with E-state index in [1.165, 1.54) is 0 Å². The van der Waals surface area contributed by atoms with Crippen molar-refractivity contribution in [1.29, 1.82) is 0 Å². The summed E-state index contributed by atoms with van der Waals surface area (Å²) in [6.45, 7) is 1.00. The fourth-order valence-corrected chi connectivity index (χ4v) is 0. The average molecular weight is 210 g/mol. The zero-order chi connectivity index (χ0) is 9.65. The first-order valence-electron chi connectivity index (χ1n) is 2.16. The number of Topliss-reactive ketones (excluding diaryl/α,β-unsaturated/α-hetero) is 1. The molecule has 0 saturated carbocycles. The van der Waals surface area contributed by atoms with Crippen molar-refractivity contribution in [3.05, 3.63) is 0 Å². The van der Waals surface area contributed by atoms with Crippen LogP contribution in [0.15, 0.2) is 0 Å². The Kier molecular flexibility index (Phi) is 11.9. The van der Waals surface area contributed by atoms with Crippen molar-refractivity contribution in [2.75, 3.05) is 0 Å². The second kappa shape index (κ2) is 7.88. The minimum atomic E-state index is -4.64. The summed E-state index contributed by atoms with van der Waals surface area (Å²) in [6.07, 6.45) is 0. The molecule has 0 aliphatic rings. The molecule has 0 bridgehead atoms. The van der Waals surface area contributed by atoms with Crippen LogP contribution in [0.1, 0.15) is 8.35 Å². The second-order valence-corrected chi connectivity index (χ2v) is 2.40. The SMILES string of the molecule is CC(=O)C(=O)O.O=P(O)(O)O.[H-].[Na+]. The Morgan fingerprint density at radius 2 is 1.33 bits per heavy atom. The molecule has 0 rings (SSSR count). The number of carbonyl (C=O) groups is 2. The van der Waals surface area contributed by atoms with Crippen LogP contribution in [-0.2, 0) is 14.2 Å². The van der Waals surface area contributed by atoms with Crippen molar-refractivity contribution in [2.24, 2.45) is 0 Å². The van der Waals surface area contributed by atoms with Gasteiger partial charge < -0.3 is 21.2 Å². The van der Waals surface area contributed by atoms with Crippen LogP contribution in [0.3, 0.4) is 0 Å². The predicted molar refractivity (Wildman–Crippen MR) is 33.7 cm³/mol. The monoisotopic (exact) mass is 210 g/mol. The summed E-state index contributed by atoms with van der Waals surface area (Å²) in [4.78, 5) is 40.5. The Balaban J connectivity index is -0.0000000546. The maximum absolute atomic E-state index is 9.54. The minimum Gasteiger partial charge on any atom is -1.00 e. The van der Waals surface area contributed by atoms with Gasteiger partial charge in [0, 0.05) is 6.92 Å².